The van der Waals surface area contributed by atoms with Crippen LogP contribution in [-0.2, 0) is 9.84 Å². The van der Waals surface area contributed by atoms with Crippen molar-refractivity contribution in [1.82, 2.24) is 0 Å². The van der Waals surface area contributed by atoms with E-state index in [2.05, 4.69) is 0 Å². The van der Waals surface area contributed by atoms with Crippen LogP contribution in [0.3, 0.4) is 0 Å². The van der Waals surface area contributed by atoms with Gasteiger partial charge in [-0.15, -0.1) is 0 Å². The van der Waals surface area contributed by atoms with E-state index in [4.69, 9.17) is 4.74 Å². The molecular weight excluding hydrogens is 274 g/mol. The first-order valence-corrected chi connectivity index (χ1v) is 7.28. The predicted octanol–water partition coefficient (Wildman–Crippen LogP) is 1.22. The molecule has 104 valence electrons. The lowest BCUT2D eigenvalue weighted by Gasteiger charge is -2.07. The second-order valence-electron chi connectivity index (χ2n) is 3.69. The zero-order valence-corrected chi connectivity index (χ0v) is 11.1. The highest BCUT2D eigenvalue weighted by molar-refractivity contribution is 7.91. The molecule has 0 bridgehead atoms. The SMILES string of the molecule is CCS(=O)(=O)CCOc1ccc(C=O)cc1[N+](=O)[O-]. The number of benzene rings is 1. The standard InChI is InChI=1S/C11H13NO6S/c1-2-19(16,17)6-5-18-11-4-3-9(8-13)7-10(11)12(14)15/h3-4,7-8H,2,5-6H2,1H3. The number of hydrogen-bond acceptors (Lipinski definition) is 6. The van der Waals surface area contributed by atoms with Crippen LogP contribution in [0.1, 0.15) is 17.3 Å². The van der Waals surface area contributed by atoms with Crippen molar-refractivity contribution >= 4 is 21.8 Å². The molecule has 0 N–H and O–H groups in total. The van der Waals surface area contributed by atoms with Gasteiger partial charge in [0.05, 0.1) is 10.7 Å². The number of ether oxygens (including phenoxy) is 1. The molecule has 0 fully saturated rings. The number of nitrogens with zero attached hydrogens (tertiary/aromatic N) is 1. The van der Waals surface area contributed by atoms with Crippen molar-refractivity contribution in [1.29, 1.82) is 0 Å². The molecule has 0 amide bonds. The first-order chi connectivity index (χ1) is 8.89. The van der Waals surface area contributed by atoms with Crippen molar-refractivity contribution in [3.63, 3.8) is 0 Å². The van der Waals surface area contributed by atoms with Crippen LogP contribution in [0.15, 0.2) is 18.2 Å². The number of aldehydes is 1. The van der Waals surface area contributed by atoms with E-state index >= 15 is 0 Å². The molecule has 0 aromatic heterocycles. The largest absolute Gasteiger partial charge is 0.486 e. The van der Waals surface area contributed by atoms with E-state index in [1.165, 1.54) is 19.1 Å². The highest BCUT2D eigenvalue weighted by Gasteiger charge is 2.17. The van der Waals surface area contributed by atoms with Crippen LogP contribution in [0, 0.1) is 10.1 Å². The van der Waals surface area contributed by atoms with E-state index in [0.29, 0.717) is 6.29 Å². The lowest BCUT2D eigenvalue weighted by molar-refractivity contribution is -0.385. The molecule has 0 aliphatic carbocycles. The Hall–Kier alpha value is -1.96. The van der Waals surface area contributed by atoms with E-state index in [1.807, 2.05) is 0 Å². The van der Waals surface area contributed by atoms with E-state index < -0.39 is 14.8 Å². The number of carbonyl (C=O) groups is 1. The van der Waals surface area contributed by atoms with E-state index in [1.54, 1.807) is 0 Å². The third kappa shape index (κ3) is 4.32. The molecule has 0 spiro atoms. The molecule has 0 aliphatic rings. The summed E-state index contributed by atoms with van der Waals surface area (Å²) in [6, 6.07) is 3.72. The van der Waals surface area contributed by atoms with Gasteiger partial charge in [0.1, 0.15) is 12.9 Å². The minimum absolute atomic E-state index is 0.0114. The average Bonchev–Trinajstić information content (AvgIpc) is 2.38. The molecule has 19 heavy (non-hydrogen) atoms. The van der Waals surface area contributed by atoms with E-state index in [9.17, 15) is 23.3 Å². The molecule has 0 saturated heterocycles. The Labute approximate surface area is 110 Å². The molecule has 8 heteroatoms. The second-order valence-corrected chi connectivity index (χ2v) is 6.16. The molecular formula is C11H13NO6S. The third-order valence-electron chi connectivity index (χ3n) is 2.41. The van der Waals surface area contributed by atoms with Crippen LogP contribution < -0.4 is 4.74 Å². The van der Waals surface area contributed by atoms with Gasteiger partial charge in [-0.05, 0) is 12.1 Å². The van der Waals surface area contributed by atoms with Gasteiger partial charge in [-0.25, -0.2) is 8.42 Å². The zero-order chi connectivity index (χ0) is 14.5. The smallest absolute Gasteiger partial charge is 0.311 e. The molecule has 1 rings (SSSR count). The summed E-state index contributed by atoms with van der Waals surface area (Å²) in [5.74, 6) is -0.277. The maximum atomic E-state index is 11.2. The Kier molecular flexibility index (Phi) is 4.99. The lowest BCUT2D eigenvalue weighted by atomic mass is 10.2. The van der Waals surface area contributed by atoms with E-state index in [0.717, 1.165) is 6.07 Å². The maximum Gasteiger partial charge on any atom is 0.311 e. The maximum absolute atomic E-state index is 11.2. The Morgan fingerprint density at radius 3 is 2.63 bits per heavy atom. The van der Waals surface area contributed by atoms with Crippen LogP contribution in [0.4, 0.5) is 5.69 Å². The van der Waals surface area contributed by atoms with Gasteiger partial charge in [-0.2, -0.15) is 0 Å². The molecule has 1 aromatic carbocycles. The molecule has 0 atom stereocenters. The summed E-state index contributed by atoms with van der Waals surface area (Å²) < 4.78 is 27.6. The van der Waals surface area contributed by atoms with Crippen molar-refractivity contribution in [3.05, 3.63) is 33.9 Å². The number of carbonyl (C=O) groups excluding carboxylic acids is 1. The van der Waals surface area contributed by atoms with Gasteiger partial charge in [0, 0.05) is 17.4 Å². The normalized spacial score (nSPS) is 11.0. The van der Waals surface area contributed by atoms with Gasteiger partial charge in [-0.1, -0.05) is 6.92 Å². The minimum Gasteiger partial charge on any atom is -0.486 e. The summed E-state index contributed by atoms with van der Waals surface area (Å²) >= 11 is 0. The van der Waals surface area contributed by atoms with Crippen molar-refractivity contribution in [3.8, 4) is 5.75 Å². The molecule has 0 saturated carbocycles. The van der Waals surface area contributed by atoms with Gasteiger partial charge in [0.2, 0.25) is 0 Å². The Morgan fingerprint density at radius 2 is 2.11 bits per heavy atom. The minimum atomic E-state index is -3.19. The lowest BCUT2D eigenvalue weighted by Crippen LogP contribution is -2.16. The van der Waals surface area contributed by atoms with Crippen LogP contribution in [-0.4, -0.2) is 37.7 Å². The van der Waals surface area contributed by atoms with Crippen molar-refractivity contribution < 1.29 is 22.9 Å². The summed E-state index contributed by atoms with van der Waals surface area (Å²) in [4.78, 5) is 20.6. The van der Waals surface area contributed by atoms with Crippen LogP contribution >= 0.6 is 0 Å². The summed E-state index contributed by atoms with van der Waals surface area (Å²) in [5, 5.41) is 10.8. The van der Waals surface area contributed by atoms with E-state index in [-0.39, 0.29) is 35.1 Å². The topological polar surface area (TPSA) is 104 Å². The summed E-state index contributed by atoms with van der Waals surface area (Å²) in [6.07, 6.45) is 0.484. The fraction of sp³-hybridized carbons (Fsp3) is 0.364. The second kappa shape index (κ2) is 6.28. The van der Waals surface area contributed by atoms with Crippen molar-refractivity contribution in [2.24, 2.45) is 0 Å². The molecule has 0 radical (unpaired) electrons. The van der Waals surface area contributed by atoms with Gasteiger partial charge < -0.3 is 4.74 Å². The number of nitro groups is 1. The summed E-state index contributed by atoms with van der Waals surface area (Å²) in [6.45, 7) is 1.34. The molecule has 1 aromatic rings. The summed E-state index contributed by atoms with van der Waals surface area (Å²) in [5.41, 5.74) is -0.210. The van der Waals surface area contributed by atoms with Crippen molar-refractivity contribution in [2.45, 2.75) is 6.92 Å². The zero-order valence-electron chi connectivity index (χ0n) is 10.2. The Balaban J connectivity index is 2.84. The average molecular weight is 287 g/mol. The molecule has 0 aliphatic heterocycles. The van der Waals surface area contributed by atoms with Gasteiger partial charge in [0.15, 0.2) is 15.6 Å². The van der Waals surface area contributed by atoms with Crippen molar-refractivity contribution in [2.75, 3.05) is 18.1 Å². The first-order valence-electron chi connectivity index (χ1n) is 5.46. The quantitative estimate of drug-likeness (QED) is 0.424. The molecule has 0 heterocycles. The molecule has 0 unspecified atom stereocenters. The first kappa shape index (κ1) is 15.1. The van der Waals surface area contributed by atoms with Gasteiger partial charge in [0.25, 0.3) is 0 Å². The predicted molar refractivity (Wildman–Crippen MR) is 68.3 cm³/mol. The number of sulfone groups is 1. The van der Waals surface area contributed by atoms with Crippen LogP contribution in [0.5, 0.6) is 5.75 Å². The highest BCUT2D eigenvalue weighted by atomic mass is 32.2. The van der Waals surface area contributed by atoms with Crippen LogP contribution in [0.2, 0.25) is 0 Å². The number of nitro benzene ring substituents is 1. The third-order valence-corrected chi connectivity index (χ3v) is 4.08. The number of rotatable bonds is 7. The number of hydrogen-bond donors (Lipinski definition) is 0. The highest BCUT2D eigenvalue weighted by Crippen LogP contribution is 2.27. The molecule has 7 nitrogen and oxygen atoms in total. The fourth-order valence-corrected chi connectivity index (χ4v) is 1.92. The van der Waals surface area contributed by atoms with Crippen LogP contribution in [0.25, 0.3) is 0 Å². The van der Waals surface area contributed by atoms with Gasteiger partial charge in [-0.3, -0.25) is 14.9 Å². The summed E-state index contributed by atoms with van der Waals surface area (Å²) in [7, 11) is -3.19. The monoisotopic (exact) mass is 287 g/mol. The fourth-order valence-electron chi connectivity index (χ4n) is 1.30. The Morgan fingerprint density at radius 1 is 1.42 bits per heavy atom. The van der Waals surface area contributed by atoms with Gasteiger partial charge >= 0.3 is 5.69 Å². The Bertz CT molecular complexity index is 581.